The van der Waals surface area contributed by atoms with E-state index in [1.54, 1.807) is 0 Å². The van der Waals surface area contributed by atoms with Crippen LogP contribution in [0.2, 0.25) is 0 Å². The first-order valence-electron chi connectivity index (χ1n) is 7.29. The van der Waals surface area contributed by atoms with Crippen molar-refractivity contribution in [2.24, 2.45) is 0 Å². The van der Waals surface area contributed by atoms with E-state index in [1.165, 1.54) is 30.5 Å². The summed E-state index contributed by atoms with van der Waals surface area (Å²) in [5.41, 5.74) is 2.61. The van der Waals surface area contributed by atoms with Gasteiger partial charge in [0.2, 0.25) is 0 Å². The van der Waals surface area contributed by atoms with Crippen LogP contribution < -0.4 is 0 Å². The predicted molar refractivity (Wildman–Crippen MR) is 75.0 cm³/mol. The highest BCUT2D eigenvalue weighted by molar-refractivity contribution is 7.91. The smallest absolute Gasteiger partial charge is 0.150 e. The Morgan fingerprint density at radius 3 is 2.79 bits per heavy atom. The monoisotopic (exact) mass is 282 g/mol. The maximum absolute atomic E-state index is 11.8. The van der Waals surface area contributed by atoms with E-state index in [0.29, 0.717) is 6.04 Å². The van der Waals surface area contributed by atoms with E-state index in [2.05, 4.69) is 9.55 Å². The number of aromatic nitrogens is 2. The van der Waals surface area contributed by atoms with Gasteiger partial charge in [-0.15, -0.1) is 0 Å². The standard InChI is InChI=1S/C14H22N2O2S/c1-19(17,18)12-6-4-5-11(9-12)16-10-15-13-7-2-3-8-14(13)16/h10-12H,2-9H2,1H3. The van der Waals surface area contributed by atoms with Crippen molar-refractivity contribution in [1.82, 2.24) is 9.55 Å². The maximum Gasteiger partial charge on any atom is 0.150 e. The molecule has 2 unspecified atom stereocenters. The number of sulfone groups is 1. The number of imidazole rings is 1. The second-order valence-electron chi connectivity index (χ2n) is 6.02. The highest BCUT2D eigenvalue weighted by atomic mass is 32.2. The highest BCUT2D eigenvalue weighted by Crippen LogP contribution is 2.34. The van der Waals surface area contributed by atoms with Gasteiger partial charge in [0.05, 0.1) is 17.3 Å². The van der Waals surface area contributed by atoms with Gasteiger partial charge in [-0.3, -0.25) is 0 Å². The van der Waals surface area contributed by atoms with Crippen molar-refractivity contribution in [3.63, 3.8) is 0 Å². The van der Waals surface area contributed by atoms with Crippen LogP contribution in [-0.2, 0) is 22.7 Å². The van der Waals surface area contributed by atoms with E-state index in [1.807, 2.05) is 6.33 Å². The number of rotatable bonds is 2. The molecule has 0 N–H and O–H groups in total. The van der Waals surface area contributed by atoms with Crippen molar-refractivity contribution in [1.29, 1.82) is 0 Å². The van der Waals surface area contributed by atoms with Gasteiger partial charge in [-0.2, -0.15) is 0 Å². The van der Waals surface area contributed by atoms with Crippen LogP contribution in [0.3, 0.4) is 0 Å². The molecule has 1 saturated carbocycles. The molecule has 2 aliphatic rings. The molecule has 0 spiro atoms. The number of fused-ring (bicyclic) bond motifs is 1. The third-order valence-corrected chi connectivity index (χ3v) is 6.30. The average Bonchev–Trinajstić information content (AvgIpc) is 2.82. The summed E-state index contributed by atoms with van der Waals surface area (Å²) < 4.78 is 25.8. The summed E-state index contributed by atoms with van der Waals surface area (Å²) in [5, 5.41) is -0.159. The summed E-state index contributed by atoms with van der Waals surface area (Å²) in [5.74, 6) is 0. The van der Waals surface area contributed by atoms with E-state index in [-0.39, 0.29) is 5.25 Å². The second kappa shape index (κ2) is 4.93. The van der Waals surface area contributed by atoms with Crippen molar-refractivity contribution in [2.45, 2.75) is 62.7 Å². The van der Waals surface area contributed by atoms with Crippen LogP contribution in [0.15, 0.2) is 6.33 Å². The molecule has 1 aromatic rings. The molecule has 0 bridgehead atoms. The average molecular weight is 282 g/mol. The molecule has 0 saturated heterocycles. The molecular weight excluding hydrogens is 260 g/mol. The fourth-order valence-corrected chi connectivity index (χ4v) is 4.74. The second-order valence-corrected chi connectivity index (χ2v) is 8.35. The zero-order valence-corrected chi connectivity index (χ0v) is 12.3. The molecule has 106 valence electrons. The molecule has 2 aliphatic carbocycles. The van der Waals surface area contributed by atoms with Gasteiger partial charge in [0, 0.05) is 18.0 Å². The zero-order chi connectivity index (χ0) is 13.5. The van der Waals surface area contributed by atoms with Crippen LogP contribution in [0.4, 0.5) is 0 Å². The first kappa shape index (κ1) is 13.2. The summed E-state index contributed by atoms with van der Waals surface area (Å²) >= 11 is 0. The molecule has 0 aromatic carbocycles. The molecular formula is C14H22N2O2S. The SMILES string of the molecule is CS(=O)(=O)C1CCCC(n2cnc3c2CCCC3)C1. The van der Waals surface area contributed by atoms with E-state index in [4.69, 9.17) is 0 Å². The Labute approximate surface area is 115 Å². The molecule has 3 rings (SSSR count). The van der Waals surface area contributed by atoms with Crippen LogP contribution in [0.25, 0.3) is 0 Å². The first-order chi connectivity index (χ1) is 9.05. The number of hydrogen-bond donors (Lipinski definition) is 0. The van der Waals surface area contributed by atoms with Gasteiger partial charge < -0.3 is 4.57 Å². The van der Waals surface area contributed by atoms with Gasteiger partial charge in [-0.1, -0.05) is 6.42 Å². The van der Waals surface area contributed by atoms with Crippen molar-refractivity contribution >= 4 is 9.84 Å². The lowest BCUT2D eigenvalue weighted by molar-refractivity contribution is 0.344. The maximum atomic E-state index is 11.8. The molecule has 19 heavy (non-hydrogen) atoms. The van der Waals surface area contributed by atoms with Crippen molar-refractivity contribution in [3.8, 4) is 0 Å². The number of hydrogen-bond acceptors (Lipinski definition) is 3. The number of aryl methyl sites for hydroxylation is 1. The van der Waals surface area contributed by atoms with E-state index >= 15 is 0 Å². The summed E-state index contributed by atoms with van der Waals surface area (Å²) in [6.07, 6.45) is 11.7. The summed E-state index contributed by atoms with van der Waals surface area (Å²) in [6.45, 7) is 0. The number of nitrogens with zero attached hydrogens (tertiary/aromatic N) is 2. The van der Waals surface area contributed by atoms with Crippen LogP contribution in [0, 0.1) is 0 Å². The van der Waals surface area contributed by atoms with Crippen molar-refractivity contribution in [3.05, 3.63) is 17.7 Å². The molecule has 1 aromatic heterocycles. The van der Waals surface area contributed by atoms with Gasteiger partial charge >= 0.3 is 0 Å². The van der Waals surface area contributed by atoms with E-state index < -0.39 is 9.84 Å². The molecule has 4 nitrogen and oxygen atoms in total. The van der Waals surface area contributed by atoms with Gasteiger partial charge in [0.15, 0.2) is 0 Å². The molecule has 0 radical (unpaired) electrons. The third-order valence-electron chi connectivity index (χ3n) is 4.66. The van der Waals surface area contributed by atoms with Gasteiger partial charge in [-0.25, -0.2) is 13.4 Å². The first-order valence-corrected chi connectivity index (χ1v) is 9.24. The van der Waals surface area contributed by atoms with Crippen LogP contribution in [-0.4, -0.2) is 29.5 Å². The lowest BCUT2D eigenvalue weighted by Crippen LogP contribution is -2.29. The Bertz CT molecular complexity index is 562. The zero-order valence-electron chi connectivity index (χ0n) is 11.5. The molecule has 1 fully saturated rings. The van der Waals surface area contributed by atoms with Crippen molar-refractivity contribution < 1.29 is 8.42 Å². The molecule has 2 atom stereocenters. The largest absolute Gasteiger partial charge is 0.331 e. The fraction of sp³-hybridized carbons (Fsp3) is 0.786. The molecule has 1 heterocycles. The summed E-state index contributed by atoms with van der Waals surface area (Å²) in [4.78, 5) is 4.53. The Balaban J connectivity index is 1.84. The van der Waals surface area contributed by atoms with Crippen molar-refractivity contribution in [2.75, 3.05) is 6.26 Å². The normalized spacial score (nSPS) is 28.1. The molecule has 0 amide bonds. The molecule has 5 heteroatoms. The van der Waals surface area contributed by atoms with Gasteiger partial charge in [0.25, 0.3) is 0 Å². The Morgan fingerprint density at radius 2 is 2.00 bits per heavy atom. The fourth-order valence-electron chi connectivity index (χ4n) is 3.57. The topological polar surface area (TPSA) is 52.0 Å². The van der Waals surface area contributed by atoms with E-state index in [0.717, 1.165) is 38.5 Å². The summed E-state index contributed by atoms with van der Waals surface area (Å²) in [7, 11) is -2.90. The minimum absolute atomic E-state index is 0.159. The quantitative estimate of drug-likeness (QED) is 0.836. The summed E-state index contributed by atoms with van der Waals surface area (Å²) in [6, 6.07) is 0.336. The van der Waals surface area contributed by atoms with E-state index in [9.17, 15) is 8.42 Å². The predicted octanol–water partition coefficient (Wildman–Crippen LogP) is 2.29. The van der Waals surface area contributed by atoms with Gasteiger partial charge in [0.1, 0.15) is 9.84 Å². The van der Waals surface area contributed by atoms with Gasteiger partial charge in [-0.05, 0) is 44.9 Å². The Kier molecular flexibility index (Phi) is 3.41. The van der Waals surface area contributed by atoms with Crippen LogP contribution in [0.1, 0.15) is 56.0 Å². The van der Waals surface area contributed by atoms with Crippen LogP contribution in [0.5, 0.6) is 0 Å². The minimum atomic E-state index is -2.90. The lowest BCUT2D eigenvalue weighted by Gasteiger charge is -2.30. The Hall–Kier alpha value is -0.840. The van der Waals surface area contributed by atoms with Crippen LogP contribution >= 0.6 is 0 Å². The molecule has 0 aliphatic heterocycles. The Morgan fingerprint density at radius 1 is 1.21 bits per heavy atom. The highest BCUT2D eigenvalue weighted by Gasteiger charge is 2.31. The lowest BCUT2D eigenvalue weighted by atomic mass is 9.93. The minimum Gasteiger partial charge on any atom is -0.331 e. The third kappa shape index (κ3) is 2.57.